The first-order chi connectivity index (χ1) is 10.5. The van der Waals surface area contributed by atoms with Crippen LogP contribution in [0.5, 0.6) is 0 Å². The number of esters is 1. The number of carbonyl (C=O) groups is 1. The Balaban J connectivity index is 2.31. The summed E-state index contributed by atoms with van der Waals surface area (Å²) in [6.07, 6.45) is 2.96. The SMILES string of the molecule is COC(=O)[C@@H](Cc1ccccc1)N(C)S(=O)(=O)c1ncc[nH]1. The van der Waals surface area contributed by atoms with Crippen LogP contribution in [0.3, 0.4) is 0 Å². The second-order valence-corrected chi connectivity index (χ2v) is 6.56. The molecule has 7 nitrogen and oxygen atoms in total. The van der Waals surface area contributed by atoms with Crippen molar-refractivity contribution in [2.75, 3.05) is 14.2 Å². The van der Waals surface area contributed by atoms with Gasteiger partial charge < -0.3 is 9.72 Å². The lowest BCUT2D eigenvalue weighted by Crippen LogP contribution is -2.44. The number of ether oxygens (including phenoxy) is 1. The molecule has 0 saturated carbocycles. The predicted octanol–water partition coefficient (Wildman–Crippen LogP) is 0.814. The van der Waals surface area contributed by atoms with E-state index < -0.39 is 22.0 Å². The van der Waals surface area contributed by atoms with Crippen LogP contribution in [0.2, 0.25) is 0 Å². The Morgan fingerprint density at radius 3 is 2.59 bits per heavy atom. The summed E-state index contributed by atoms with van der Waals surface area (Å²) in [7, 11) is -1.34. The number of benzene rings is 1. The third-order valence-electron chi connectivity index (χ3n) is 3.28. The number of nitrogens with one attached hydrogen (secondary N) is 1. The van der Waals surface area contributed by atoms with Crippen LogP contribution in [0.4, 0.5) is 0 Å². The Bertz CT molecular complexity index is 714. The van der Waals surface area contributed by atoms with Gasteiger partial charge in [0.15, 0.2) is 0 Å². The number of aromatic amines is 1. The third kappa shape index (κ3) is 3.34. The first-order valence-corrected chi connectivity index (χ1v) is 8.00. The summed E-state index contributed by atoms with van der Waals surface area (Å²) in [5.74, 6) is -0.624. The Morgan fingerprint density at radius 2 is 2.05 bits per heavy atom. The smallest absolute Gasteiger partial charge is 0.324 e. The molecule has 118 valence electrons. The largest absolute Gasteiger partial charge is 0.468 e. The van der Waals surface area contributed by atoms with Gasteiger partial charge in [0, 0.05) is 19.4 Å². The van der Waals surface area contributed by atoms with E-state index >= 15 is 0 Å². The normalized spacial score (nSPS) is 13.0. The van der Waals surface area contributed by atoms with Crippen molar-refractivity contribution >= 4 is 16.0 Å². The van der Waals surface area contributed by atoms with Gasteiger partial charge in [0.25, 0.3) is 10.0 Å². The quantitative estimate of drug-likeness (QED) is 0.794. The minimum atomic E-state index is -3.90. The monoisotopic (exact) mass is 323 g/mol. The fraction of sp³-hybridized carbons (Fsp3) is 0.286. The lowest BCUT2D eigenvalue weighted by atomic mass is 10.1. The molecule has 8 heteroatoms. The van der Waals surface area contributed by atoms with Crippen LogP contribution in [0, 0.1) is 0 Å². The first-order valence-electron chi connectivity index (χ1n) is 6.56. The molecule has 0 aliphatic rings. The van der Waals surface area contributed by atoms with Crippen molar-refractivity contribution in [3.63, 3.8) is 0 Å². The number of carbonyl (C=O) groups excluding carboxylic acids is 1. The Hall–Kier alpha value is -2.19. The number of imidazole rings is 1. The van der Waals surface area contributed by atoms with E-state index in [0.717, 1.165) is 9.87 Å². The van der Waals surface area contributed by atoms with Gasteiger partial charge in [0.2, 0.25) is 5.16 Å². The van der Waals surface area contributed by atoms with Crippen molar-refractivity contribution in [1.29, 1.82) is 0 Å². The lowest BCUT2D eigenvalue weighted by molar-refractivity contribution is -0.144. The standard InChI is InChI=1S/C14H17N3O4S/c1-17(22(19,20)14-15-8-9-16-14)12(13(18)21-2)10-11-6-4-3-5-7-11/h3-9,12H,10H2,1-2H3,(H,15,16)/t12-/m1/s1. The number of H-pyrrole nitrogens is 1. The average molecular weight is 323 g/mol. The van der Waals surface area contributed by atoms with Crippen LogP contribution in [0.1, 0.15) is 5.56 Å². The highest BCUT2D eigenvalue weighted by atomic mass is 32.2. The molecule has 22 heavy (non-hydrogen) atoms. The summed E-state index contributed by atoms with van der Waals surface area (Å²) in [6.45, 7) is 0. The van der Waals surface area contributed by atoms with Gasteiger partial charge >= 0.3 is 5.97 Å². The number of hydrogen-bond acceptors (Lipinski definition) is 5. The molecule has 0 aliphatic carbocycles. The highest BCUT2D eigenvalue weighted by Crippen LogP contribution is 2.17. The van der Waals surface area contributed by atoms with Gasteiger partial charge in [0.1, 0.15) is 6.04 Å². The molecule has 0 unspecified atom stereocenters. The summed E-state index contributed by atoms with van der Waals surface area (Å²) in [5, 5.41) is -0.211. The molecule has 0 saturated heterocycles. The number of sulfonamides is 1. The Morgan fingerprint density at radius 1 is 1.36 bits per heavy atom. The highest BCUT2D eigenvalue weighted by molar-refractivity contribution is 7.89. The van der Waals surface area contributed by atoms with Gasteiger partial charge in [-0.3, -0.25) is 4.79 Å². The van der Waals surface area contributed by atoms with Crippen LogP contribution >= 0.6 is 0 Å². The first kappa shape index (κ1) is 16.2. The molecular formula is C14H17N3O4S. The minimum absolute atomic E-state index is 0.211. The van der Waals surface area contributed by atoms with E-state index in [0.29, 0.717) is 0 Å². The van der Waals surface area contributed by atoms with Crippen LogP contribution in [0.25, 0.3) is 0 Å². The van der Waals surface area contributed by atoms with Gasteiger partial charge in [-0.05, 0) is 12.0 Å². The van der Waals surface area contributed by atoms with Crippen molar-refractivity contribution in [2.24, 2.45) is 0 Å². The average Bonchev–Trinajstić information content (AvgIpc) is 3.07. The molecule has 0 radical (unpaired) electrons. The van der Waals surface area contributed by atoms with E-state index in [1.54, 1.807) is 0 Å². The predicted molar refractivity (Wildman–Crippen MR) is 79.5 cm³/mol. The Kier molecular flexibility index (Phi) is 4.94. The zero-order chi connectivity index (χ0) is 16.2. The molecule has 0 aliphatic heterocycles. The van der Waals surface area contributed by atoms with Crippen LogP contribution in [0.15, 0.2) is 47.9 Å². The van der Waals surface area contributed by atoms with Gasteiger partial charge in [-0.2, -0.15) is 4.31 Å². The molecular weight excluding hydrogens is 306 g/mol. The second kappa shape index (κ2) is 6.71. The molecule has 0 bridgehead atoms. The molecule has 2 rings (SSSR count). The van der Waals surface area contributed by atoms with E-state index in [-0.39, 0.29) is 11.6 Å². The molecule has 0 fully saturated rings. The van der Waals surface area contributed by atoms with E-state index in [2.05, 4.69) is 9.97 Å². The van der Waals surface area contributed by atoms with Crippen molar-refractivity contribution in [3.8, 4) is 0 Å². The number of aromatic nitrogens is 2. The third-order valence-corrected chi connectivity index (χ3v) is 5.01. The number of likely N-dealkylation sites (N-methyl/N-ethyl adjacent to an activating group) is 1. The van der Waals surface area contributed by atoms with Crippen LogP contribution < -0.4 is 0 Å². The van der Waals surface area contributed by atoms with E-state index in [9.17, 15) is 13.2 Å². The maximum atomic E-state index is 12.5. The van der Waals surface area contributed by atoms with Gasteiger partial charge in [-0.15, -0.1) is 0 Å². The molecule has 1 heterocycles. The summed E-state index contributed by atoms with van der Waals surface area (Å²) in [5.41, 5.74) is 0.833. The van der Waals surface area contributed by atoms with Gasteiger partial charge in [0.05, 0.1) is 7.11 Å². The highest BCUT2D eigenvalue weighted by Gasteiger charge is 2.35. The zero-order valence-electron chi connectivity index (χ0n) is 12.3. The van der Waals surface area contributed by atoms with Crippen LogP contribution in [-0.2, 0) is 26.0 Å². The summed E-state index contributed by atoms with van der Waals surface area (Å²) >= 11 is 0. The number of nitrogens with zero attached hydrogens (tertiary/aromatic N) is 2. The Labute approximate surface area is 129 Å². The van der Waals surface area contributed by atoms with Crippen molar-refractivity contribution in [3.05, 3.63) is 48.3 Å². The van der Waals surface area contributed by atoms with Gasteiger partial charge in [-0.25, -0.2) is 13.4 Å². The number of hydrogen-bond donors (Lipinski definition) is 1. The van der Waals surface area contributed by atoms with Crippen LogP contribution in [-0.4, -0.2) is 48.9 Å². The fourth-order valence-electron chi connectivity index (χ4n) is 2.03. The molecule has 0 amide bonds. The lowest BCUT2D eigenvalue weighted by Gasteiger charge is -2.24. The summed E-state index contributed by atoms with van der Waals surface area (Å²) in [6, 6.07) is 8.17. The van der Waals surface area contributed by atoms with Crippen molar-refractivity contribution in [2.45, 2.75) is 17.6 Å². The fourth-order valence-corrected chi connectivity index (χ4v) is 3.21. The molecule has 1 aromatic heterocycles. The van der Waals surface area contributed by atoms with E-state index in [1.807, 2.05) is 30.3 Å². The maximum absolute atomic E-state index is 12.5. The number of methoxy groups -OCH3 is 1. The number of rotatable bonds is 6. The molecule has 1 N–H and O–H groups in total. The summed E-state index contributed by atoms with van der Waals surface area (Å²) in [4.78, 5) is 18.3. The zero-order valence-corrected chi connectivity index (χ0v) is 13.1. The van der Waals surface area contributed by atoms with Gasteiger partial charge in [-0.1, -0.05) is 30.3 Å². The molecule has 0 spiro atoms. The van der Waals surface area contributed by atoms with E-state index in [1.165, 1.54) is 26.6 Å². The maximum Gasteiger partial charge on any atom is 0.324 e. The minimum Gasteiger partial charge on any atom is -0.468 e. The molecule has 1 aromatic carbocycles. The summed E-state index contributed by atoms with van der Waals surface area (Å²) < 4.78 is 30.7. The van der Waals surface area contributed by atoms with Crippen molar-refractivity contribution < 1.29 is 17.9 Å². The molecule has 2 aromatic rings. The van der Waals surface area contributed by atoms with Crippen molar-refractivity contribution in [1.82, 2.24) is 14.3 Å². The molecule has 1 atom stereocenters. The van der Waals surface area contributed by atoms with E-state index in [4.69, 9.17) is 4.74 Å². The second-order valence-electron chi connectivity index (χ2n) is 4.64. The topological polar surface area (TPSA) is 92.4 Å².